The summed E-state index contributed by atoms with van der Waals surface area (Å²) in [6.45, 7) is 4.62. The van der Waals surface area contributed by atoms with Crippen molar-refractivity contribution in [3.8, 4) is 0 Å². The number of sulfonamides is 1. The summed E-state index contributed by atoms with van der Waals surface area (Å²) in [5, 5.41) is 0. The fourth-order valence-corrected chi connectivity index (χ4v) is 5.78. The summed E-state index contributed by atoms with van der Waals surface area (Å²) in [7, 11) is -3.50. The third kappa shape index (κ3) is 5.10. The third-order valence-corrected chi connectivity index (χ3v) is 7.38. The highest BCUT2D eigenvalue weighted by Gasteiger charge is 2.33. The maximum Gasteiger partial charge on any atom is 0.241 e. The Morgan fingerprint density at radius 3 is 2.52 bits per heavy atom. The summed E-state index contributed by atoms with van der Waals surface area (Å²) in [5.74, 6) is 1.03. The molecule has 2 atom stereocenters. The van der Waals surface area contributed by atoms with Crippen LogP contribution >= 0.6 is 24.0 Å². The molecule has 1 aromatic carbocycles. The van der Waals surface area contributed by atoms with E-state index in [1.54, 1.807) is 18.2 Å². The summed E-state index contributed by atoms with van der Waals surface area (Å²) < 4.78 is 28.3. The van der Waals surface area contributed by atoms with Crippen LogP contribution < -0.4 is 4.72 Å². The van der Waals surface area contributed by atoms with Gasteiger partial charge in [-0.3, -0.25) is 0 Å². The van der Waals surface area contributed by atoms with E-state index in [2.05, 4.69) is 16.5 Å². The normalized spacial score (nSPS) is 25.7. The van der Waals surface area contributed by atoms with Gasteiger partial charge in [0.05, 0.1) is 4.90 Å². The topological polar surface area (TPSA) is 49.4 Å². The van der Waals surface area contributed by atoms with Gasteiger partial charge in [-0.1, -0.05) is 25.1 Å². The lowest BCUT2D eigenvalue weighted by Gasteiger charge is -2.35. The van der Waals surface area contributed by atoms with E-state index in [0.29, 0.717) is 16.5 Å². The van der Waals surface area contributed by atoms with Crippen LogP contribution in [0.2, 0.25) is 0 Å². The SMILES string of the molecule is CC1CCN(C2CCC(NS(=O)(=O)c3ccccc3CCl)C2)CC1.Cl. The fraction of sp³-hybridized carbons (Fsp3) is 0.667. The molecule has 1 saturated heterocycles. The second kappa shape index (κ2) is 9.05. The number of benzene rings is 1. The predicted molar refractivity (Wildman–Crippen MR) is 105 cm³/mol. The number of hydrogen-bond acceptors (Lipinski definition) is 3. The van der Waals surface area contributed by atoms with Gasteiger partial charge >= 0.3 is 0 Å². The molecule has 0 bridgehead atoms. The zero-order chi connectivity index (χ0) is 17.2. The van der Waals surface area contributed by atoms with Gasteiger partial charge in [0.2, 0.25) is 10.0 Å². The molecule has 1 N–H and O–H groups in total. The summed E-state index contributed by atoms with van der Waals surface area (Å²) in [6.07, 6.45) is 5.43. The molecule has 0 aromatic heterocycles. The number of rotatable bonds is 5. The Labute approximate surface area is 162 Å². The first kappa shape index (κ1) is 21.0. The zero-order valence-electron chi connectivity index (χ0n) is 14.7. The number of piperidine rings is 1. The molecule has 1 heterocycles. The van der Waals surface area contributed by atoms with Crippen LogP contribution in [0.1, 0.15) is 44.6 Å². The lowest BCUT2D eigenvalue weighted by Crippen LogP contribution is -2.41. The van der Waals surface area contributed by atoms with Crippen LogP contribution in [0, 0.1) is 5.92 Å². The number of alkyl halides is 1. The van der Waals surface area contributed by atoms with E-state index in [9.17, 15) is 8.42 Å². The first-order valence-corrected chi connectivity index (χ1v) is 10.9. The first-order valence-electron chi connectivity index (χ1n) is 8.90. The van der Waals surface area contributed by atoms with E-state index in [1.165, 1.54) is 12.8 Å². The molecule has 3 rings (SSSR count). The zero-order valence-corrected chi connectivity index (χ0v) is 17.0. The van der Waals surface area contributed by atoms with Crippen molar-refractivity contribution < 1.29 is 8.42 Å². The highest BCUT2D eigenvalue weighted by molar-refractivity contribution is 7.89. The molecule has 1 aliphatic carbocycles. The second-order valence-corrected chi connectivity index (χ2v) is 9.19. The van der Waals surface area contributed by atoms with Gasteiger partial charge in [0.25, 0.3) is 0 Å². The van der Waals surface area contributed by atoms with E-state index in [1.807, 2.05) is 6.07 Å². The molecule has 1 aromatic rings. The van der Waals surface area contributed by atoms with Crippen LogP contribution in [0.5, 0.6) is 0 Å². The third-order valence-electron chi connectivity index (χ3n) is 5.47. The van der Waals surface area contributed by atoms with Crippen LogP contribution in [0.3, 0.4) is 0 Å². The molecule has 1 saturated carbocycles. The van der Waals surface area contributed by atoms with Crippen molar-refractivity contribution >= 4 is 34.0 Å². The summed E-state index contributed by atoms with van der Waals surface area (Å²) in [4.78, 5) is 2.87. The van der Waals surface area contributed by atoms with Crippen LogP contribution in [0.4, 0.5) is 0 Å². The van der Waals surface area contributed by atoms with E-state index < -0.39 is 10.0 Å². The minimum Gasteiger partial charge on any atom is -0.300 e. The lowest BCUT2D eigenvalue weighted by molar-refractivity contribution is 0.139. The molecule has 2 unspecified atom stereocenters. The Bertz CT molecular complexity index is 661. The molecule has 2 aliphatic rings. The molecule has 0 spiro atoms. The molecule has 2 fully saturated rings. The van der Waals surface area contributed by atoms with Gasteiger partial charge in [-0.2, -0.15) is 0 Å². The Hall–Kier alpha value is -0.330. The highest BCUT2D eigenvalue weighted by atomic mass is 35.5. The smallest absolute Gasteiger partial charge is 0.241 e. The lowest BCUT2D eigenvalue weighted by atomic mass is 9.97. The number of likely N-dealkylation sites (tertiary alicyclic amines) is 1. The largest absolute Gasteiger partial charge is 0.300 e. The van der Waals surface area contributed by atoms with Gasteiger partial charge in [0.15, 0.2) is 0 Å². The maximum atomic E-state index is 12.7. The van der Waals surface area contributed by atoms with Gasteiger partial charge in [-0.25, -0.2) is 13.1 Å². The monoisotopic (exact) mass is 406 g/mol. The van der Waals surface area contributed by atoms with Crippen molar-refractivity contribution in [1.29, 1.82) is 0 Å². The summed E-state index contributed by atoms with van der Waals surface area (Å²) in [6, 6.07) is 7.53. The minimum absolute atomic E-state index is 0. The van der Waals surface area contributed by atoms with E-state index in [0.717, 1.165) is 38.3 Å². The second-order valence-electron chi connectivity index (χ2n) is 7.24. The quantitative estimate of drug-likeness (QED) is 0.756. The average molecular weight is 407 g/mol. The van der Waals surface area contributed by atoms with E-state index in [4.69, 9.17) is 11.6 Å². The molecule has 1 aliphatic heterocycles. The van der Waals surface area contributed by atoms with Crippen LogP contribution in [0.25, 0.3) is 0 Å². The first-order chi connectivity index (χ1) is 11.5. The van der Waals surface area contributed by atoms with Gasteiger partial charge < -0.3 is 4.90 Å². The van der Waals surface area contributed by atoms with Gasteiger partial charge in [-0.05, 0) is 62.7 Å². The van der Waals surface area contributed by atoms with Gasteiger partial charge in [0, 0.05) is 18.0 Å². The Morgan fingerprint density at radius 2 is 1.84 bits per heavy atom. The van der Waals surface area contributed by atoms with Crippen LogP contribution in [0.15, 0.2) is 29.2 Å². The molecule has 0 amide bonds. The van der Waals surface area contributed by atoms with Gasteiger partial charge in [-0.15, -0.1) is 24.0 Å². The highest BCUT2D eigenvalue weighted by Crippen LogP contribution is 2.29. The molecular weight excluding hydrogens is 379 g/mol. The van der Waals surface area contributed by atoms with Crippen molar-refractivity contribution in [2.24, 2.45) is 5.92 Å². The molecular formula is C18H28Cl2N2O2S. The van der Waals surface area contributed by atoms with Crippen molar-refractivity contribution in [2.45, 2.75) is 61.9 Å². The Balaban J connectivity index is 0.00000225. The van der Waals surface area contributed by atoms with Crippen LogP contribution in [-0.4, -0.2) is 38.5 Å². The average Bonchev–Trinajstić information content (AvgIpc) is 3.03. The van der Waals surface area contributed by atoms with E-state index in [-0.39, 0.29) is 24.3 Å². The number of halogens is 2. The fourth-order valence-electron chi connectivity index (χ4n) is 3.95. The maximum absolute atomic E-state index is 12.7. The molecule has 142 valence electrons. The Morgan fingerprint density at radius 1 is 1.16 bits per heavy atom. The van der Waals surface area contributed by atoms with Crippen molar-refractivity contribution in [3.05, 3.63) is 29.8 Å². The number of hydrogen-bond donors (Lipinski definition) is 1. The van der Waals surface area contributed by atoms with Gasteiger partial charge in [0.1, 0.15) is 0 Å². The Kier molecular flexibility index (Phi) is 7.59. The van der Waals surface area contributed by atoms with Crippen molar-refractivity contribution in [1.82, 2.24) is 9.62 Å². The summed E-state index contributed by atoms with van der Waals surface area (Å²) >= 11 is 5.89. The molecule has 4 nitrogen and oxygen atoms in total. The number of nitrogens with zero attached hydrogens (tertiary/aromatic N) is 1. The summed E-state index contributed by atoms with van der Waals surface area (Å²) in [5.41, 5.74) is 0.659. The molecule has 0 radical (unpaired) electrons. The standard InChI is InChI=1S/C18H27ClN2O2S.ClH/c1-14-8-10-21(11-9-14)17-7-6-16(12-17)20-24(22,23)18-5-3-2-4-15(18)13-19;/h2-5,14,16-17,20H,6-13H2,1H3;1H. The van der Waals surface area contributed by atoms with E-state index >= 15 is 0 Å². The number of nitrogens with one attached hydrogen (secondary N) is 1. The molecule has 7 heteroatoms. The van der Waals surface area contributed by atoms with Crippen molar-refractivity contribution in [2.75, 3.05) is 13.1 Å². The minimum atomic E-state index is -3.50. The van der Waals surface area contributed by atoms with Crippen molar-refractivity contribution in [3.63, 3.8) is 0 Å². The van der Waals surface area contributed by atoms with Crippen LogP contribution in [-0.2, 0) is 15.9 Å². The molecule has 25 heavy (non-hydrogen) atoms. The predicted octanol–water partition coefficient (Wildman–Crippen LogP) is 3.78.